The third-order valence-corrected chi connectivity index (χ3v) is 8.36. The van der Waals surface area contributed by atoms with E-state index >= 15 is 0 Å². The van der Waals surface area contributed by atoms with Crippen molar-refractivity contribution in [1.82, 2.24) is 14.5 Å². The van der Waals surface area contributed by atoms with E-state index in [0.29, 0.717) is 17.0 Å². The summed E-state index contributed by atoms with van der Waals surface area (Å²) in [5.41, 5.74) is 5.64. The van der Waals surface area contributed by atoms with Crippen LogP contribution in [0.1, 0.15) is 55.7 Å². The second-order valence-electron chi connectivity index (χ2n) is 11.2. The summed E-state index contributed by atoms with van der Waals surface area (Å²) in [5, 5.41) is 3.93. The Morgan fingerprint density at radius 3 is 2.19 bits per heavy atom. The van der Waals surface area contributed by atoms with Crippen molar-refractivity contribution in [3.8, 4) is 0 Å². The lowest BCUT2D eigenvalue weighted by Gasteiger charge is -2.27. The molecule has 0 bridgehead atoms. The van der Waals surface area contributed by atoms with Crippen molar-refractivity contribution >= 4 is 45.9 Å². The van der Waals surface area contributed by atoms with Crippen molar-refractivity contribution in [2.45, 2.75) is 57.7 Å². The molecule has 2 aliphatic rings. The number of aryl methyl sites for hydroxylation is 1. The predicted molar refractivity (Wildman–Crippen MR) is 155 cm³/mol. The number of primary amides is 1. The van der Waals surface area contributed by atoms with E-state index in [2.05, 4.69) is 10.3 Å². The van der Waals surface area contributed by atoms with Crippen molar-refractivity contribution in [2.75, 3.05) is 10.2 Å². The van der Waals surface area contributed by atoms with Gasteiger partial charge in [0.1, 0.15) is 11.1 Å². The Labute approximate surface area is 244 Å². The van der Waals surface area contributed by atoms with Gasteiger partial charge in [-0.3, -0.25) is 23.9 Å². The lowest BCUT2D eigenvalue weighted by Crippen LogP contribution is -2.41. The number of carbonyl (C=O) groups is 2. The van der Waals surface area contributed by atoms with E-state index in [1.54, 1.807) is 41.1 Å². The molecule has 43 heavy (non-hydrogen) atoms. The maximum absolute atomic E-state index is 13.6. The number of hydrogen-bond acceptors (Lipinski definition) is 6. The minimum Gasteiger partial charge on any atom is -0.369 e. The van der Waals surface area contributed by atoms with Gasteiger partial charge in [-0.15, -0.1) is 0 Å². The highest BCUT2D eigenvalue weighted by atomic mass is 19.4. The molecule has 9 nitrogen and oxygen atoms in total. The van der Waals surface area contributed by atoms with Crippen molar-refractivity contribution < 1.29 is 22.8 Å². The molecule has 2 amide bonds. The predicted octanol–water partition coefficient (Wildman–Crippen LogP) is 5.91. The van der Waals surface area contributed by atoms with Gasteiger partial charge in [-0.25, -0.2) is 4.98 Å². The van der Waals surface area contributed by atoms with E-state index in [4.69, 9.17) is 10.7 Å². The molecule has 4 aromatic rings. The molecule has 0 aliphatic heterocycles. The van der Waals surface area contributed by atoms with Crippen LogP contribution >= 0.6 is 0 Å². The number of alkyl halides is 3. The number of halogens is 3. The zero-order chi connectivity index (χ0) is 30.5. The lowest BCUT2D eigenvalue weighted by molar-refractivity contribution is -0.137. The Morgan fingerprint density at radius 1 is 1.02 bits per heavy atom. The smallest absolute Gasteiger partial charge is 0.369 e. The van der Waals surface area contributed by atoms with Crippen LogP contribution in [0.2, 0.25) is 0 Å². The molecule has 2 saturated carbocycles. The molecule has 6 rings (SSSR count). The number of nitrogens with zero attached hydrogens (tertiary/aromatic N) is 4. The third kappa shape index (κ3) is 5.21. The fourth-order valence-corrected chi connectivity index (χ4v) is 5.76. The molecule has 2 aliphatic carbocycles. The first-order valence-electron chi connectivity index (χ1n) is 14.1. The first-order chi connectivity index (χ1) is 20.5. The van der Waals surface area contributed by atoms with Gasteiger partial charge in [0.05, 0.1) is 5.56 Å². The van der Waals surface area contributed by atoms with Crippen LogP contribution < -0.4 is 21.5 Å². The van der Waals surface area contributed by atoms with E-state index in [-0.39, 0.29) is 36.1 Å². The van der Waals surface area contributed by atoms with Gasteiger partial charge >= 0.3 is 6.18 Å². The third-order valence-electron chi connectivity index (χ3n) is 8.36. The van der Waals surface area contributed by atoms with Gasteiger partial charge in [0.2, 0.25) is 17.8 Å². The van der Waals surface area contributed by atoms with Gasteiger partial charge in [0, 0.05) is 40.8 Å². The molecule has 2 fully saturated rings. The van der Waals surface area contributed by atoms with Crippen molar-refractivity contribution in [3.05, 3.63) is 82.3 Å². The minimum atomic E-state index is -4.54. The highest BCUT2D eigenvalue weighted by Gasteiger charge is 2.57. The van der Waals surface area contributed by atoms with Gasteiger partial charge < -0.3 is 11.1 Å². The molecule has 0 unspecified atom stereocenters. The van der Waals surface area contributed by atoms with Gasteiger partial charge in [0.15, 0.2) is 0 Å². The molecule has 12 heteroatoms. The van der Waals surface area contributed by atoms with Crippen LogP contribution in [-0.4, -0.2) is 26.3 Å². The topological polar surface area (TPSA) is 123 Å². The minimum absolute atomic E-state index is 0.0847. The number of amides is 2. The Bertz CT molecular complexity index is 1770. The lowest BCUT2D eigenvalue weighted by atomic mass is 10.0. The van der Waals surface area contributed by atoms with Crippen LogP contribution in [-0.2, 0) is 15.8 Å². The number of anilines is 4. The molecule has 0 saturated heterocycles. The molecule has 0 radical (unpaired) electrons. The number of carbonyl (C=O) groups excluding carboxylic acids is 2. The van der Waals surface area contributed by atoms with E-state index in [0.717, 1.165) is 48.8 Å². The molecular formula is C31H29F3N6O3. The monoisotopic (exact) mass is 590 g/mol. The second kappa shape index (κ2) is 10.5. The van der Waals surface area contributed by atoms with Crippen LogP contribution in [0.25, 0.3) is 11.0 Å². The summed E-state index contributed by atoms with van der Waals surface area (Å²) >= 11 is 0. The zero-order valence-corrected chi connectivity index (χ0v) is 23.3. The fourth-order valence-electron chi connectivity index (χ4n) is 5.76. The van der Waals surface area contributed by atoms with Crippen molar-refractivity contribution in [3.63, 3.8) is 0 Å². The first-order valence-corrected chi connectivity index (χ1v) is 14.1. The number of nitrogens with two attached hydrogens (primary N) is 1. The average molecular weight is 591 g/mol. The molecular weight excluding hydrogens is 561 g/mol. The number of rotatable bonds is 7. The molecule has 0 spiro atoms. The number of benzene rings is 2. The Morgan fingerprint density at radius 2 is 1.63 bits per heavy atom. The summed E-state index contributed by atoms with van der Waals surface area (Å²) in [6.07, 6.45) is 1.62. The van der Waals surface area contributed by atoms with Gasteiger partial charge in [-0.05, 0) is 86.7 Å². The average Bonchev–Trinajstić information content (AvgIpc) is 3.63. The highest BCUT2D eigenvalue weighted by molar-refractivity contribution is 6.16. The number of aromatic nitrogens is 3. The fraction of sp³-hybridized carbons (Fsp3) is 0.323. The normalized spacial score (nSPS) is 16.3. The number of fused-ring (bicyclic) bond motifs is 1. The molecule has 2 aromatic carbocycles. The summed E-state index contributed by atoms with van der Waals surface area (Å²) in [5.74, 6) is -1.09. The maximum atomic E-state index is 13.6. The molecule has 2 heterocycles. The van der Waals surface area contributed by atoms with Gasteiger partial charge in [-0.2, -0.15) is 18.2 Å². The van der Waals surface area contributed by atoms with E-state index in [1.807, 2.05) is 6.92 Å². The highest BCUT2D eigenvalue weighted by Crippen LogP contribution is 2.49. The Balaban J connectivity index is 1.32. The number of nitrogens with one attached hydrogen (secondary N) is 1. The van der Waals surface area contributed by atoms with E-state index in [1.165, 1.54) is 17.0 Å². The largest absolute Gasteiger partial charge is 0.416 e. The number of pyridine rings is 1. The van der Waals surface area contributed by atoms with Crippen LogP contribution in [0, 0.1) is 12.3 Å². The van der Waals surface area contributed by atoms with E-state index < -0.39 is 29.0 Å². The van der Waals surface area contributed by atoms with Crippen LogP contribution in [0.3, 0.4) is 0 Å². The van der Waals surface area contributed by atoms with Crippen LogP contribution in [0.5, 0.6) is 0 Å². The summed E-state index contributed by atoms with van der Waals surface area (Å²) in [4.78, 5) is 49.0. The van der Waals surface area contributed by atoms with Gasteiger partial charge in [0.25, 0.3) is 5.56 Å². The van der Waals surface area contributed by atoms with Gasteiger partial charge in [-0.1, -0.05) is 12.8 Å². The number of hydrogen-bond donors (Lipinski definition) is 2. The Kier molecular flexibility index (Phi) is 6.94. The standard InChI is InChI=1S/C31H29F3N6O3/c1-18-16-25(41)40(21-4-2-3-5-21)26-24(18)17-36-29(38-26)37-20-8-12-23(13-9-20)39(28(43)30(14-15-30)27(35)42)22-10-6-19(7-11-22)31(32,33)34/h6-13,16-17,21H,2-5,14-15H2,1H3,(H2,35,42)(H,36,37,38). The summed E-state index contributed by atoms with van der Waals surface area (Å²) in [6.45, 7) is 1.85. The van der Waals surface area contributed by atoms with Crippen LogP contribution in [0.4, 0.5) is 36.2 Å². The summed E-state index contributed by atoms with van der Waals surface area (Å²) in [7, 11) is 0. The summed E-state index contributed by atoms with van der Waals surface area (Å²) < 4.78 is 41.3. The quantitative estimate of drug-likeness (QED) is 0.258. The molecule has 222 valence electrons. The SMILES string of the molecule is Cc1cc(=O)n(C2CCCC2)c2nc(Nc3ccc(N(C(=O)C4(C(N)=O)CC4)c4ccc(C(F)(F)F)cc4)cc3)ncc12. The first kappa shape index (κ1) is 28.4. The second-order valence-corrected chi connectivity index (χ2v) is 11.2. The van der Waals surface area contributed by atoms with Crippen molar-refractivity contribution in [2.24, 2.45) is 11.1 Å². The van der Waals surface area contributed by atoms with Crippen LogP contribution in [0.15, 0.2) is 65.6 Å². The van der Waals surface area contributed by atoms with E-state index in [9.17, 15) is 27.6 Å². The molecule has 0 atom stereocenters. The maximum Gasteiger partial charge on any atom is 0.416 e. The zero-order valence-electron chi connectivity index (χ0n) is 23.3. The molecule has 3 N–H and O–H groups in total. The van der Waals surface area contributed by atoms with Crippen molar-refractivity contribution in [1.29, 1.82) is 0 Å². The Hall–Kier alpha value is -4.74. The summed E-state index contributed by atoms with van der Waals surface area (Å²) in [6, 6.07) is 12.4. The molecule has 2 aromatic heterocycles.